The summed E-state index contributed by atoms with van der Waals surface area (Å²) in [6.45, 7) is 4.04. The van der Waals surface area contributed by atoms with Gasteiger partial charge in [0.05, 0.1) is 0 Å². The summed E-state index contributed by atoms with van der Waals surface area (Å²) in [4.78, 5) is 11.7. The van der Waals surface area contributed by atoms with Crippen LogP contribution in [-0.2, 0) is 0 Å². The summed E-state index contributed by atoms with van der Waals surface area (Å²) in [5, 5.41) is 0. The normalized spacial score (nSPS) is 30.0. The van der Waals surface area contributed by atoms with E-state index >= 15 is 0 Å². The quantitative estimate of drug-likeness (QED) is 0.705. The highest BCUT2D eigenvalue weighted by Gasteiger charge is 2.37. The van der Waals surface area contributed by atoms with E-state index in [2.05, 4.69) is 13.0 Å². The molecule has 2 heterocycles. The van der Waals surface area contributed by atoms with Gasteiger partial charge in [-0.05, 0) is 44.3 Å². The van der Waals surface area contributed by atoms with Gasteiger partial charge in [-0.15, -0.1) is 0 Å². The van der Waals surface area contributed by atoms with Gasteiger partial charge in [0.15, 0.2) is 0 Å². The Morgan fingerprint density at radius 1 is 1.44 bits per heavy atom. The van der Waals surface area contributed by atoms with Crippen LogP contribution in [0.3, 0.4) is 0 Å². The SMILES string of the molecule is Cc1cc2c(c(=O)o1)C=C[C@]1(CCC[C@H](C)C1)O2. The molecule has 3 heteroatoms. The lowest BCUT2D eigenvalue weighted by Crippen LogP contribution is -2.40. The maximum absolute atomic E-state index is 11.7. The van der Waals surface area contributed by atoms with Crippen molar-refractivity contribution in [1.82, 2.24) is 0 Å². The Bertz CT molecular complexity index is 555. The zero-order valence-corrected chi connectivity index (χ0v) is 10.9. The molecule has 2 atom stereocenters. The first-order chi connectivity index (χ1) is 8.58. The van der Waals surface area contributed by atoms with Gasteiger partial charge in [0.1, 0.15) is 22.7 Å². The zero-order chi connectivity index (χ0) is 12.8. The van der Waals surface area contributed by atoms with Crippen LogP contribution in [0.2, 0.25) is 0 Å². The van der Waals surface area contributed by atoms with Crippen LogP contribution >= 0.6 is 0 Å². The molecule has 96 valence electrons. The molecule has 1 saturated carbocycles. The molecule has 0 N–H and O–H groups in total. The first-order valence-electron chi connectivity index (χ1n) is 6.61. The molecule has 0 radical (unpaired) electrons. The fraction of sp³-hybridized carbons (Fsp3) is 0.533. The molecule has 1 aliphatic heterocycles. The van der Waals surface area contributed by atoms with Gasteiger partial charge in [-0.1, -0.05) is 13.3 Å². The minimum Gasteiger partial charge on any atom is -0.482 e. The topological polar surface area (TPSA) is 39.4 Å². The number of ether oxygens (including phenoxy) is 1. The molecule has 3 rings (SSSR count). The molecule has 2 aliphatic rings. The van der Waals surface area contributed by atoms with Crippen LogP contribution in [-0.4, -0.2) is 5.60 Å². The highest BCUT2D eigenvalue weighted by Crippen LogP contribution is 2.40. The third-order valence-electron chi connectivity index (χ3n) is 3.93. The number of hydrogen-bond acceptors (Lipinski definition) is 3. The summed E-state index contributed by atoms with van der Waals surface area (Å²) in [6, 6.07) is 1.82. The summed E-state index contributed by atoms with van der Waals surface area (Å²) in [5.41, 5.74) is 0.0367. The largest absolute Gasteiger partial charge is 0.482 e. The van der Waals surface area contributed by atoms with Gasteiger partial charge >= 0.3 is 5.63 Å². The molecule has 1 aromatic heterocycles. The van der Waals surface area contributed by atoms with Crippen molar-refractivity contribution in [2.45, 2.75) is 45.1 Å². The van der Waals surface area contributed by atoms with E-state index in [0.29, 0.717) is 23.0 Å². The maximum atomic E-state index is 11.7. The average molecular weight is 246 g/mol. The van der Waals surface area contributed by atoms with Crippen LogP contribution in [0.1, 0.15) is 43.9 Å². The Labute approximate surface area is 106 Å². The first-order valence-corrected chi connectivity index (χ1v) is 6.61. The molecular weight excluding hydrogens is 228 g/mol. The number of aryl methyl sites for hydroxylation is 1. The van der Waals surface area contributed by atoms with E-state index in [4.69, 9.17) is 9.15 Å². The monoisotopic (exact) mass is 246 g/mol. The molecule has 1 fully saturated rings. The van der Waals surface area contributed by atoms with E-state index < -0.39 is 0 Å². The molecule has 0 unspecified atom stereocenters. The average Bonchev–Trinajstić information content (AvgIpc) is 2.27. The Hall–Kier alpha value is -1.51. The van der Waals surface area contributed by atoms with Gasteiger partial charge in [0, 0.05) is 6.07 Å². The molecule has 0 saturated heterocycles. The standard InChI is InChI=1S/C15H18O3/c1-10-4-3-6-15(9-10)7-5-12-13(18-15)8-11(2)17-14(12)16/h5,7-8,10H,3-4,6,9H2,1-2H3/t10-,15-/m0/s1. The maximum Gasteiger partial charge on any atom is 0.346 e. The highest BCUT2D eigenvalue weighted by molar-refractivity contribution is 5.59. The molecular formula is C15H18O3. The summed E-state index contributed by atoms with van der Waals surface area (Å²) >= 11 is 0. The van der Waals surface area contributed by atoms with Gasteiger partial charge in [0.25, 0.3) is 0 Å². The predicted octanol–water partition coefficient (Wildman–Crippen LogP) is 3.30. The fourth-order valence-corrected chi connectivity index (χ4v) is 3.10. The highest BCUT2D eigenvalue weighted by atomic mass is 16.5. The smallest absolute Gasteiger partial charge is 0.346 e. The van der Waals surface area contributed by atoms with Gasteiger partial charge in [-0.25, -0.2) is 4.79 Å². The molecule has 1 aromatic rings. The third-order valence-corrected chi connectivity index (χ3v) is 3.93. The Balaban J connectivity index is 2.01. The van der Waals surface area contributed by atoms with E-state index in [1.807, 2.05) is 12.1 Å². The second-order valence-corrected chi connectivity index (χ2v) is 5.62. The molecule has 0 aromatic carbocycles. The van der Waals surface area contributed by atoms with Crippen molar-refractivity contribution >= 4 is 6.08 Å². The zero-order valence-electron chi connectivity index (χ0n) is 10.9. The lowest BCUT2D eigenvalue weighted by molar-refractivity contribution is 0.0534. The van der Waals surface area contributed by atoms with Gasteiger partial charge in [-0.2, -0.15) is 0 Å². The van der Waals surface area contributed by atoms with Crippen LogP contribution in [0.15, 0.2) is 21.4 Å². The number of rotatable bonds is 0. The van der Waals surface area contributed by atoms with Crippen LogP contribution in [0.4, 0.5) is 0 Å². The molecule has 1 aliphatic carbocycles. The van der Waals surface area contributed by atoms with E-state index in [-0.39, 0.29) is 11.2 Å². The van der Waals surface area contributed by atoms with E-state index in [1.165, 1.54) is 12.8 Å². The van der Waals surface area contributed by atoms with Crippen molar-refractivity contribution in [3.8, 4) is 5.75 Å². The summed E-state index contributed by atoms with van der Waals surface area (Å²) in [7, 11) is 0. The number of hydrogen-bond donors (Lipinski definition) is 0. The molecule has 18 heavy (non-hydrogen) atoms. The van der Waals surface area contributed by atoms with Crippen LogP contribution in [0.5, 0.6) is 5.75 Å². The summed E-state index contributed by atoms with van der Waals surface area (Å²) < 4.78 is 11.2. The van der Waals surface area contributed by atoms with Crippen molar-refractivity contribution < 1.29 is 9.15 Å². The van der Waals surface area contributed by atoms with Crippen molar-refractivity contribution in [1.29, 1.82) is 0 Å². The van der Waals surface area contributed by atoms with Gasteiger partial charge < -0.3 is 9.15 Å². The minimum absolute atomic E-state index is 0.203. The Kier molecular flexibility index (Phi) is 2.58. The third kappa shape index (κ3) is 1.88. The fourth-order valence-electron chi connectivity index (χ4n) is 3.10. The van der Waals surface area contributed by atoms with Crippen molar-refractivity contribution in [2.75, 3.05) is 0 Å². The second-order valence-electron chi connectivity index (χ2n) is 5.62. The lowest BCUT2D eigenvalue weighted by atomic mass is 9.77. The molecule has 3 nitrogen and oxygen atoms in total. The van der Waals surface area contributed by atoms with E-state index in [1.54, 1.807) is 6.92 Å². The Morgan fingerprint density at radius 3 is 3.06 bits per heavy atom. The number of fused-ring (bicyclic) bond motifs is 1. The molecule has 0 bridgehead atoms. The second kappa shape index (κ2) is 4.01. The van der Waals surface area contributed by atoms with E-state index in [9.17, 15) is 4.79 Å². The minimum atomic E-state index is -0.306. The molecule has 1 spiro atoms. The van der Waals surface area contributed by atoms with Crippen LogP contribution < -0.4 is 10.4 Å². The molecule has 0 amide bonds. The van der Waals surface area contributed by atoms with Crippen LogP contribution in [0, 0.1) is 12.8 Å². The van der Waals surface area contributed by atoms with Crippen molar-refractivity contribution in [3.63, 3.8) is 0 Å². The van der Waals surface area contributed by atoms with Crippen molar-refractivity contribution in [2.24, 2.45) is 5.92 Å². The van der Waals surface area contributed by atoms with Gasteiger partial charge in [0.2, 0.25) is 0 Å². The summed E-state index contributed by atoms with van der Waals surface area (Å²) in [5.74, 6) is 1.96. The van der Waals surface area contributed by atoms with Crippen LogP contribution in [0.25, 0.3) is 6.08 Å². The lowest BCUT2D eigenvalue weighted by Gasteiger charge is -2.40. The summed E-state index contributed by atoms with van der Waals surface area (Å²) in [6.07, 6.45) is 8.44. The van der Waals surface area contributed by atoms with Crippen molar-refractivity contribution in [3.05, 3.63) is 33.9 Å². The first kappa shape index (κ1) is 11.6. The van der Waals surface area contributed by atoms with Gasteiger partial charge in [-0.3, -0.25) is 0 Å². The van der Waals surface area contributed by atoms with E-state index in [0.717, 1.165) is 12.8 Å². The Morgan fingerprint density at radius 2 is 2.28 bits per heavy atom. The predicted molar refractivity (Wildman–Crippen MR) is 69.7 cm³/mol.